The summed E-state index contributed by atoms with van der Waals surface area (Å²) < 4.78 is 5.31. The zero-order valence-electron chi connectivity index (χ0n) is 12.9. The smallest absolute Gasteiger partial charge is 0.223 e. The third-order valence-electron chi connectivity index (χ3n) is 4.42. The van der Waals surface area contributed by atoms with E-state index in [1.54, 1.807) is 0 Å². The molecule has 0 spiro atoms. The third kappa shape index (κ3) is 6.04. The zero-order valence-corrected chi connectivity index (χ0v) is 12.9. The summed E-state index contributed by atoms with van der Waals surface area (Å²) in [5, 5.41) is 2.91. The number of nitrogens with zero attached hydrogens (tertiary/aromatic N) is 1. The molecule has 0 aromatic heterocycles. The second kappa shape index (κ2) is 9.03. The van der Waals surface area contributed by atoms with Crippen LogP contribution in [0, 0.1) is 5.92 Å². The highest BCUT2D eigenvalue weighted by atomic mass is 16.5. The van der Waals surface area contributed by atoms with Crippen molar-refractivity contribution in [3.8, 4) is 0 Å². The van der Waals surface area contributed by atoms with Gasteiger partial charge in [0.25, 0.3) is 0 Å². The summed E-state index contributed by atoms with van der Waals surface area (Å²) in [7, 11) is 0. The van der Waals surface area contributed by atoms with Crippen LogP contribution >= 0.6 is 0 Å². The normalized spacial score (nSPS) is 22.9. The van der Waals surface area contributed by atoms with Crippen LogP contribution in [0.25, 0.3) is 0 Å². The van der Waals surface area contributed by atoms with Crippen molar-refractivity contribution in [3.63, 3.8) is 0 Å². The van der Waals surface area contributed by atoms with Gasteiger partial charge in [0.15, 0.2) is 0 Å². The Balaban J connectivity index is 1.55. The highest BCUT2D eigenvalue weighted by Gasteiger charge is 2.17. The lowest BCUT2D eigenvalue weighted by Crippen LogP contribution is -2.33. The van der Waals surface area contributed by atoms with E-state index in [2.05, 4.69) is 5.32 Å². The minimum absolute atomic E-state index is 0.00270. The lowest BCUT2D eigenvalue weighted by atomic mass is 10.1. The summed E-state index contributed by atoms with van der Waals surface area (Å²) >= 11 is 0. The van der Waals surface area contributed by atoms with E-state index in [9.17, 15) is 9.59 Å². The maximum absolute atomic E-state index is 12.1. The van der Waals surface area contributed by atoms with E-state index in [1.807, 2.05) is 4.90 Å². The Bertz CT molecular complexity index is 332. The molecule has 21 heavy (non-hydrogen) atoms. The fourth-order valence-electron chi connectivity index (χ4n) is 3.01. The van der Waals surface area contributed by atoms with Crippen molar-refractivity contribution in [2.75, 3.05) is 32.8 Å². The van der Waals surface area contributed by atoms with Gasteiger partial charge in [-0.1, -0.05) is 12.8 Å². The average Bonchev–Trinajstić information content (AvgIpc) is 2.85. The molecule has 0 bridgehead atoms. The maximum atomic E-state index is 12.1. The van der Waals surface area contributed by atoms with Gasteiger partial charge in [-0.25, -0.2) is 0 Å². The molecule has 2 heterocycles. The van der Waals surface area contributed by atoms with Crippen molar-refractivity contribution in [2.24, 2.45) is 5.92 Å². The van der Waals surface area contributed by atoms with Crippen LogP contribution in [-0.2, 0) is 14.3 Å². The first-order valence-corrected chi connectivity index (χ1v) is 8.38. The Morgan fingerprint density at radius 3 is 2.52 bits per heavy atom. The van der Waals surface area contributed by atoms with Crippen molar-refractivity contribution in [3.05, 3.63) is 0 Å². The molecule has 2 saturated heterocycles. The first kappa shape index (κ1) is 16.3. The summed E-state index contributed by atoms with van der Waals surface area (Å²) in [5.41, 5.74) is 0. The molecule has 1 atom stereocenters. The van der Waals surface area contributed by atoms with Crippen molar-refractivity contribution in [1.29, 1.82) is 0 Å². The van der Waals surface area contributed by atoms with Crippen molar-refractivity contribution in [1.82, 2.24) is 10.2 Å². The van der Waals surface area contributed by atoms with Gasteiger partial charge in [0, 0.05) is 45.7 Å². The standard InChI is InChI=1S/C16H28N2O3/c19-15(17-9-7-14-8-12-21-13-14)5-6-16(20)18-10-3-1-2-4-11-18/h14H,1-13H2,(H,17,19)/t14-/m0/s1. The lowest BCUT2D eigenvalue weighted by Gasteiger charge is -2.20. The molecule has 0 unspecified atom stereocenters. The number of carbonyl (C=O) groups is 2. The van der Waals surface area contributed by atoms with E-state index in [1.165, 1.54) is 12.8 Å². The quantitative estimate of drug-likeness (QED) is 0.812. The first-order valence-electron chi connectivity index (χ1n) is 8.38. The number of likely N-dealkylation sites (tertiary alicyclic amines) is 1. The zero-order chi connectivity index (χ0) is 14.9. The number of ether oxygens (including phenoxy) is 1. The Kier molecular flexibility index (Phi) is 7.00. The lowest BCUT2D eigenvalue weighted by molar-refractivity contribution is -0.133. The van der Waals surface area contributed by atoms with Gasteiger partial charge in [-0.2, -0.15) is 0 Å². The number of nitrogens with one attached hydrogen (secondary N) is 1. The molecule has 2 fully saturated rings. The number of hydrogen-bond acceptors (Lipinski definition) is 3. The summed E-state index contributed by atoms with van der Waals surface area (Å²) in [4.78, 5) is 25.8. The minimum Gasteiger partial charge on any atom is -0.381 e. The van der Waals surface area contributed by atoms with Gasteiger partial charge < -0.3 is 15.0 Å². The highest BCUT2D eigenvalue weighted by molar-refractivity contribution is 5.83. The van der Waals surface area contributed by atoms with E-state index in [0.29, 0.717) is 25.3 Å². The van der Waals surface area contributed by atoms with Crippen molar-refractivity contribution in [2.45, 2.75) is 51.4 Å². The van der Waals surface area contributed by atoms with Gasteiger partial charge in [0.2, 0.25) is 11.8 Å². The van der Waals surface area contributed by atoms with Gasteiger partial charge in [-0.3, -0.25) is 9.59 Å². The largest absolute Gasteiger partial charge is 0.381 e. The van der Waals surface area contributed by atoms with Crippen LogP contribution in [0.2, 0.25) is 0 Å². The Labute approximate surface area is 127 Å². The minimum atomic E-state index is -0.00270. The molecule has 0 aliphatic carbocycles. The predicted octanol–water partition coefficient (Wildman–Crippen LogP) is 1.71. The van der Waals surface area contributed by atoms with Crippen molar-refractivity contribution < 1.29 is 14.3 Å². The SMILES string of the molecule is O=C(CCC(=O)N1CCCCCC1)NCC[C@H]1CCOC1. The first-order chi connectivity index (χ1) is 10.3. The fourth-order valence-corrected chi connectivity index (χ4v) is 3.01. The molecule has 5 heteroatoms. The second-order valence-electron chi connectivity index (χ2n) is 6.16. The molecule has 2 aliphatic rings. The molecule has 0 saturated carbocycles. The number of carbonyl (C=O) groups excluding carboxylic acids is 2. The molecule has 2 aliphatic heterocycles. The van der Waals surface area contributed by atoms with Gasteiger partial charge >= 0.3 is 0 Å². The third-order valence-corrected chi connectivity index (χ3v) is 4.42. The van der Waals surface area contributed by atoms with Crippen LogP contribution in [0.1, 0.15) is 51.4 Å². The van der Waals surface area contributed by atoms with Gasteiger partial charge in [0.05, 0.1) is 0 Å². The van der Waals surface area contributed by atoms with Crippen LogP contribution in [0.3, 0.4) is 0 Å². The fraction of sp³-hybridized carbons (Fsp3) is 0.875. The summed E-state index contributed by atoms with van der Waals surface area (Å²) in [5.74, 6) is 0.720. The van der Waals surface area contributed by atoms with Crippen LogP contribution < -0.4 is 5.32 Å². The number of hydrogen-bond donors (Lipinski definition) is 1. The van der Waals surface area contributed by atoms with E-state index >= 15 is 0 Å². The van der Waals surface area contributed by atoms with Crippen LogP contribution in [-0.4, -0.2) is 49.6 Å². The Morgan fingerprint density at radius 2 is 1.86 bits per heavy atom. The van der Waals surface area contributed by atoms with E-state index in [4.69, 9.17) is 4.74 Å². The molecule has 1 N–H and O–H groups in total. The molecule has 0 radical (unpaired) electrons. The van der Waals surface area contributed by atoms with Gasteiger partial charge in [-0.15, -0.1) is 0 Å². The van der Waals surface area contributed by atoms with E-state index in [0.717, 1.165) is 52.0 Å². The van der Waals surface area contributed by atoms with Gasteiger partial charge in [0.1, 0.15) is 0 Å². The molecule has 0 aromatic carbocycles. The number of rotatable bonds is 6. The number of amides is 2. The summed E-state index contributed by atoms with van der Waals surface area (Å²) in [6.07, 6.45) is 7.37. The van der Waals surface area contributed by atoms with Crippen LogP contribution in [0.15, 0.2) is 0 Å². The van der Waals surface area contributed by atoms with Crippen LogP contribution in [0.5, 0.6) is 0 Å². The molecule has 2 rings (SSSR count). The maximum Gasteiger partial charge on any atom is 0.223 e. The molecule has 0 aromatic rings. The van der Waals surface area contributed by atoms with Crippen molar-refractivity contribution >= 4 is 11.8 Å². The van der Waals surface area contributed by atoms with E-state index in [-0.39, 0.29) is 11.8 Å². The molecule has 2 amide bonds. The van der Waals surface area contributed by atoms with E-state index < -0.39 is 0 Å². The van der Waals surface area contributed by atoms with Crippen LogP contribution in [0.4, 0.5) is 0 Å². The second-order valence-corrected chi connectivity index (χ2v) is 6.16. The summed E-state index contributed by atoms with van der Waals surface area (Å²) in [6, 6.07) is 0. The molecular formula is C16H28N2O3. The molecular weight excluding hydrogens is 268 g/mol. The Hall–Kier alpha value is -1.10. The summed E-state index contributed by atoms with van der Waals surface area (Å²) in [6.45, 7) is 4.10. The predicted molar refractivity (Wildman–Crippen MR) is 80.8 cm³/mol. The Morgan fingerprint density at radius 1 is 1.10 bits per heavy atom. The molecule has 5 nitrogen and oxygen atoms in total. The topological polar surface area (TPSA) is 58.6 Å². The monoisotopic (exact) mass is 296 g/mol. The van der Waals surface area contributed by atoms with Gasteiger partial charge in [-0.05, 0) is 31.6 Å². The highest BCUT2D eigenvalue weighted by Crippen LogP contribution is 2.15. The average molecular weight is 296 g/mol. The molecule has 120 valence electrons.